The first-order chi connectivity index (χ1) is 11.6. The molecule has 6 nitrogen and oxygen atoms in total. The predicted octanol–water partition coefficient (Wildman–Crippen LogP) is 3.33. The van der Waals surface area contributed by atoms with E-state index in [2.05, 4.69) is 37.3 Å². The van der Waals surface area contributed by atoms with Gasteiger partial charge in [0.1, 0.15) is 5.82 Å². The van der Waals surface area contributed by atoms with E-state index in [-0.39, 0.29) is 6.03 Å². The lowest BCUT2D eigenvalue weighted by Gasteiger charge is -2.09. The summed E-state index contributed by atoms with van der Waals surface area (Å²) in [5, 5.41) is 8.09. The fourth-order valence-corrected chi connectivity index (χ4v) is 3.02. The molecule has 2 heterocycles. The van der Waals surface area contributed by atoms with Gasteiger partial charge in [0.15, 0.2) is 5.13 Å². The first kappa shape index (κ1) is 16.2. The van der Waals surface area contributed by atoms with Crippen molar-refractivity contribution in [1.29, 1.82) is 0 Å². The molecule has 1 aromatic carbocycles. The fourth-order valence-electron chi connectivity index (χ4n) is 2.34. The zero-order valence-corrected chi connectivity index (χ0v) is 14.4. The average molecular weight is 341 g/mol. The highest BCUT2D eigenvalue weighted by Crippen LogP contribution is 2.14. The van der Waals surface area contributed by atoms with Gasteiger partial charge in [-0.3, -0.25) is 5.32 Å². The number of aryl methyl sites for hydroxylation is 2. The lowest BCUT2D eigenvalue weighted by Crippen LogP contribution is -2.28. The van der Waals surface area contributed by atoms with Crippen LogP contribution >= 0.6 is 11.3 Å². The molecule has 0 saturated carbocycles. The molecule has 2 aromatic heterocycles. The molecule has 124 valence electrons. The Balaban J connectivity index is 1.56. The van der Waals surface area contributed by atoms with Crippen LogP contribution in [0.5, 0.6) is 0 Å². The van der Waals surface area contributed by atoms with Crippen molar-refractivity contribution in [2.45, 2.75) is 26.9 Å². The number of aromatic nitrogens is 3. The number of carbonyl (C=O) groups excluding carboxylic acids is 1. The van der Waals surface area contributed by atoms with Gasteiger partial charge in [0.2, 0.25) is 0 Å². The van der Waals surface area contributed by atoms with E-state index < -0.39 is 0 Å². The topological polar surface area (TPSA) is 71.8 Å². The van der Waals surface area contributed by atoms with Crippen LogP contribution in [-0.2, 0) is 13.1 Å². The standard InChI is InChI=1S/C17H19N5OS/c1-12-11-24-17(20-12)21-16(23)19-9-14-4-3-5-15(8-14)10-22-7-6-18-13(22)2/h3-8,11H,9-10H2,1-2H3,(H2,19,20,21,23). The van der Waals surface area contributed by atoms with E-state index in [0.717, 1.165) is 23.6 Å². The van der Waals surface area contributed by atoms with Gasteiger partial charge in [-0.25, -0.2) is 14.8 Å². The predicted molar refractivity (Wildman–Crippen MR) is 95.2 cm³/mol. The van der Waals surface area contributed by atoms with Crippen molar-refractivity contribution >= 4 is 22.5 Å². The monoisotopic (exact) mass is 341 g/mol. The van der Waals surface area contributed by atoms with Crippen molar-refractivity contribution in [3.8, 4) is 0 Å². The summed E-state index contributed by atoms with van der Waals surface area (Å²) in [6.07, 6.45) is 3.76. The lowest BCUT2D eigenvalue weighted by atomic mass is 10.1. The van der Waals surface area contributed by atoms with Gasteiger partial charge >= 0.3 is 6.03 Å². The van der Waals surface area contributed by atoms with Gasteiger partial charge in [0, 0.05) is 30.9 Å². The molecule has 3 rings (SSSR count). The van der Waals surface area contributed by atoms with Gasteiger partial charge in [-0.1, -0.05) is 24.3 Å². The summed E-state index contributed by atoms with van der Waals surface area (Å²) in [6, 6.07) is 7.91. The molecule has 0 spiro atoms. The van der Waals surface area contributed by atoms with Crippen LogP contribution in [-0.4, -0.2) is 20.6 Å². The Labute approximate surface area is 144 Å². The summed E-state index contributed by atoms with van der Waals surface area (Å²) in [5.74, 6) is 0.983. The molecule has 3 aromatic rings. The fraction of sp³-hybridized carbons (Fsp3) is 0.235. The molecule has 2 N–H and O–H groups in total. The van der Waals surface area contributed by atoms with E-state index >= 15 is 0 Å². The van der Waals surface area contributed by atoms with Gasteiger partial charge in [-0.2, -0.15) is 0 Å². The number of amides is 2. The Kier molecular flexibility index (Phi) is 4.90. The quantitative estimate of drug-likeness (QED) is 0.748. The second-order valence-corrected chi connectivity index (χ2v) is 6.38. The maximum Gasteiger partial charge on any atom is 0.321 e. The van der Waals surface area contributed by atoms with Crippen LogP contribution in [0.15, 0.2) is 42.0 Å². The number of hydrogen-bond donors (Lipinski definition) is 2. The minimum atomic E-state index is -0.250. The Morgan fingerprint density at radius 2 is 2.12 bits per heavy atom. The minimum Gasteiger partial charge on any atom is -0.334 e. The van der Waals surface area contributed by atoms with Crippen molar-refractivity contribution < 1.29 is 4.79 Å². The maximum atomic E-state index is 11.9. The number of carbonyl (C=O) groups is 1. The number of hydrogen-bond acceptors (Lipinski definition) is 4. The molecule has 7 heteroatoms. The third-order valence-electron chi connectivity index (χ3n) is 3.56. The first-order valence-corrected chi connectivity index (χ1v) is 8.50. The molecule has 0 aliphatic heterocycles. The smallest absolute Gasteiger partial charge is 0.321 e. The third-order valence-corrected chi connectivity index (χ3v) is 4.44. The maximum absolute atomic E-state index is 11.9. The van der Waals surface area contributed by atoms with Crippen LogP contribution in [0.3, 0.4) is 0 Å². The van der Waals surface area contributed by atoms with Gasteiger partial charge in [-0.05, 0) is 25.0 Å². The van der Waals surface area contributed by atoms with E-state index in [1.807, 2.05) is 37.6 Å². The van der Waals surface area contributed by atoms with Crippen LogP contribution in [0.25, 0.3) is 0 Å². The Hall–Kier alpha value is -2.67. The van der Waals surface area contributed by atoms with Crippen LogP contribution in [0.1, 0.15) is 22.6 Å². The molecule has 2 amide bonds. The highest BCUT2D eigenvalue weighted by atomic mass is 32.1. The number of nitrogens with zero attached hydrogens (tertiary/aromatic N) is 3. The first-order valence-electron chi connectivity index (χ1n) is 7.63. The third kappa shape index (κ3) is 4.20. The zero-order valence-electron chi connectivity index (χ0n) is 13.6. The van der Waals surface area contributed by atoms with E-state index in [1.54, 1.807) is 6.20 Å². The molecule has 0 aliphatic carbocycles. The zero-order chi connectivity index (χ0) is 16.9. The molecule has 0 saturated heterocycles. The summed E-state index contributed by atoms with van der Waals surface area (Å²) in [4.78, 5) is 20.3. The van der Waals surface area contributed by atoms with Gasteiger partial charge in [-0.15, -0.1) is 11.3 Å². The Morgan fingerprint density at radius 3 is 2.83 bits per heavy atom. The van der Waals surface area contributed by atoms with E-state index in [9.17, 15) is 4.79 Å². The molecule has 0 bridgehead atoms. The second-order valence-electron chi connectivity index (χ2n) is 5.52. The van der Waals surface area contributed by atoms with Crippen molar-refractivity contribution in [3.63, 3.8) is 0 Å². The summed E-state index contributed by atoms with van der Waals surface area (Å²) in [6.45, 7) is 5.11. The Bertz CT molecular complexity index is 839. The van der Waals surface area contributed by atoms with Crippen LogP contribution in [0.2, 0.25) is 0 Å². The number of thiazole rings is 1. The Morgan fingerprint density at radius 1 is 1.29 bits per heavy atom. The number of anilines is 1. The van der Waals surface area contributed by atoms with Crippen molar-refractivity contribution in [2.24, 2.45) is 0 Å². The second kappa shape index (κ2) is 7.27. The van der Waals surface area contributed by atoms with Crippen LogP contribution < -0.4 is 10.6 Å². The number of imidazole rings is 1. The molecule has 24 heavy (non-hydrogen) atoms. The number of urea groups is 1. The molecule has 0 unspecified atom stereocenters. The van der Waals surface area contributed by atoms with Gasteiger partial charge in [0.25, 0.3) is 0 Å². The molecular weight excluding hydrogens is 322 g/mol. The van der Waals surface area contributed by atoms with E-state index in [1.165, 1.54) is 16.9 Å². The largest absolute Gasteiger partial charge is 0.334 e. The van der Waals surface area contributed by atoms with Crippen LogP contribution in [0, 0.1) is 13.8 Å². The summed E-state index contributed by atoms with van der Waals surface area (Å²) in [5.41, 5.74) is 3.12. The van der Waals surface area contributed by atoms with Crippen LogP contribution in [0.4, 0.5) is 9.93 Å². The lowest BCUT2D eigenvalue weighted by molar-refractivity contribution is 0.251. The number of benzene rings is 1. The normalized spacial score (nSPS) is 10.6. The van der Waals surface area contributed by atoms with Crippen molar-refractivity contribution in [1.82, 2.24) is 19.9 Å². The highest BCUT2D eigenvalue weighted by molar-refractivity contribution is 7.13. The molecule has 0 fully saturated rings. The molecular formula is C17H19N5OS. The minimum absolute atomic E-state index is 0.250. The summed E-state index contributed by atoms with van der Waals surface area (Å²) in [7, 11) is 0. The number of nitrogens with one attached hydrogen (secondary N) is 2. The summed E-state index contributed by atoms with van der Waals surface area (Å²) >= 11 is 1.41. The van der Waals surface area contributed by atoms with Crippen molar-refractivity contribution in [2.75, 3.05) is 5.32 Å². The molecule has 0 atom stereocenters. The molecule has 0 aliphatic rings. The summed E-state index contributed by atoms with van der Waals surface area (Å²) < 4.78 is 2.09. The van der Waals surface area contributed by atoms with Gasteiger partial charge in [0.05, 0.1) is 5.69 Å². The molecule has 0 radical (unpaired) electrons. The van der Waals surface area contributed by atoms with Gasteiger partial charge < -0.3 is 9.88 Å². The van der Waals surface area contributed by atoms with Crippen molar-refractivity contribution in [3.05, 3.63) is 64.7 Å². The van der Waals surface area contributed by atoms with E-state index in [4.69, 9.17) is 0 Å². The highest BCUT2D eigenvalue weighted by Gasteiger charge is 2.05. The van der Waals surface area contributed by atoms with E-state index in [0.29, 0.717) is 11.7 Å². The average Bonchev–Trinajstić information content (AvgIpc) is 3.15. The number of rotatable bonds is 5. The SMILES string of the molecule is Cc1csc(NC(=O)NCc2cccc(Cn3ccnc3C)c2)n1.